The summed E-state index contributed by atoms with van der Waals surface area (Å²) in [6.07, 6.45) is 1.77. The third-order valence-corrected chi connectivity index (χ3v) is 3.34. The van der Waals surface area contributed by atoms with E-state index >= 15 is 0 Å². The Hall–Kier alpha value is -2.16. The first-order valence-corrected chi connectivity index (χ1v) is 6.52. The van der Waals surface area contributed by atoms with Crippen LogP contribution in [0, 0.1) is 10.1 Å². The molecule has 3 heteroatoms. The molecular formula is C16H17NO2. The highest BCUT2D eigenvalue weighted by Gasteiger charge is 2.15. The van der Waals surface area contributed by atoms with Crippen LogP contribution >= 0.6 is 0 Å². The minimum absolute atomic E-state index is 0.184. The summed E-state index contributed by atoms with van der Waals surface area (Å²) in [4.78, 5) is 10.9. The molecule has 0 aliphatic carbocycles. The third kappa shape index (κ3) is 2.81. The molecule has 2 rings (SSSR count). The average Bonchev–Trinajstić information content (AvgIpc) is 2.46. The Morgan fingerprint density at radius 1 is 0.947 bits per heavy atom. The zero-order valence-electron chi connectivity index (χ0n) is 11.2. The Balaban J connectivity index is 2.50. The van der Waals surface area contributed by atoms with Crippen LogP contribution in [0.2, 0.25) is 0 Å². The molecule has 0 spiro atoms. The van der Waals surface area contributed by atoms with Gasteiger partial charge >= 0.3 is 0 Å². The number of nitro groups is 1. The molecule has 0 amide bonds. The first kappa shape index (κ1) is 13.3. The fourth-order valence-corrected chi connectivity index (χ4v) is 2.11. The van der Waals surface area contributed by atoms with Crippen LogP contribution in [0.5, 0.6) is 0 Å². The van der Waals surface area contributed by atoms with E-state index in [-0.39, 0.29) is 10.6 Å². The summed E-state index contributed by atoms with van der Waals surface area (Å²) < 4.78 is 0. The summed E-state index contributed by atoms with van der Waals surface area (Å²) in [5.74, 6) is 0. The highest BCUT2D eigenvalue weighted by Crippen LogP contribution is 2.31. The lowest BCUT2D eigenvalue weighted by Gasteiger charge is -2.06. The molecule has 0 fully saturated rings. The highest BCUT2D eigenvalue weighted by atomic mass is 16.6. The Morgan fingerprint density at radius 2 is 1.53 bits per heavy atom. The summed E-state index contributed by atoms with van der Waals surface area (Å²) >= 11 is 0. The molecule has 3 nitrogen and oxygen atoms in total. The number of nitro benzene ring substituents is 1. The summed E-state index contributed by atoms with van der Waals surface area (Å²) in [7, 11) is 0. The van der Waals surface area contributed by atoms with Gasteiger partial charge in [-0.25, -0.2) is 0 Å². The minimum Gasteiger partial charge on any atom is -0.258 e. The summed E-state index contributed by atoms with van der Waals surface area (Å²) in [5.41, 5.74) is 3.98. The Morgan fingerprint density at radius 3 is 2.05 bits per heavy atom. The number of aryl methyl sites for hydroxylation is 2. The van der Waals surface area contributed by atoms with Gasteiger partial charge in [0.1, 0.15) is 0 Å². The van der Waals surface area contributed by atoms with Crippen molar-refractivity contribution in [2.24, 2.45) is 0 Å². The maximum absolute atomic E-state index is 11.2. The van der Waals surface area contributed by atoms with E-state index in [2.05, 4.69) is 6.92 Å². The molecule has 0 bridgehead atoms. The molecule has 0 radical (unpaired) electrons. The SMILES string of the molecule is CCc1ccc(-c2ccc(CC)cc2[N+](=O)[O-])cc1. The van der Waals surface area contributed by atoms with Crippen LogP contribution in [0.4, 0.5) is 5.69 Å². The van der Waals surface area contributed by atoms with Crippen LogP contribution in [0.25, 0.3) is 11.1 Å². The molecule has 2 aromatic rings. The molecule has 0 atom stereocenters. The van der Waals surface area contributed by atoms with E-state index in [0.29, 0.717) is 5.56 Å². The van der Waals surface area contributed by atoms with Crippen molar-refractivity contribution in [3.05, 3.63) is 63.7 Å². The van der Waals surface area contributed by atoms with Gasteiger partial charge in [0.15, 0.2) is 0 Å². The van der Waals surface area contributed by atoms with E-state index in [1.54, 1.807) is 6.07 Å². The molecule has 0 unspecified atom stereocenters. The molecule has 0 aliphatic rings. The molecule has 0 aliphatic heterocycles. The van der Waals surface area contributed by atoms with E-state index in [1.807, 2.05) is 43.3 Å². The van der Waals surface area contributed by atoms with Crippen LogP contribution in [-0.2, 0) is 12.8 Å². The van der Waals surface area contributed by atoms with Crippen molar-refractivity contribution in [2.45, 2.75) is 26.7 Å². The standard InChI is InChI=1S/C16H17NO2/c1-3-12-5-8-14(9-6-12)15-10-7-13(4-2)11-16(15)17(18)19/h5-11H,3-4H2,1-2H3. The topological polar surface area (TPSA) is 43.1 Å². The quantitative estimate of drug-likeness (QED) is 0.600. The predicted molar refractivity (Wildman–Crippen MR) is 77.3 cm³/mol. The molecule has 0 heterocycles. The second-order valence-corrected chi connectivity index (χ2v) is 4.51. The van der Waals surface area contributed by atoms with Crippen molar-refractivity contribution in [1.29, 1.82) is 0 Å². The first-order chi connectivity index (χ1) is 9.15. The van der Waals surface area contributed by atoms with Crippen molar-refractivity contribution in [1.82, 2.24) is 0 Å². The summed E-state index contributed by atoms with van der Waals surface area (Å²) in [6.45, 7) is 4.09. The highest BCUT2D eigenvalue weighted by molar-refractivity contribution is 5.74. The number of rotatable bonds is 4. The van der Waals surface area contributed by atoms with Gasteiger partial charge in [0.05, 0.1) is 10.5 Å². The number of nitrogens with zero attached hydrogens (tertiary/aromatic N) is 1. The van der Waals surface area contributed by atoms with E-state index in [0.717, 1.165) is 24.0 Å². The number of hydrogen-bond acceptors (Lipinski definition) is 2. The lowest BCUT2D eigenvalue weighted by atomic mass is 9.99. The van der Waals surface area contributed by atoms with Gasteiger partial charge in [-0.3, -0.25) is 10.1 Å². The molecule has 0 saturated carbocycles. The molecule has 0 N–H and O–H groups in total. The van der Waals surface area contributed by atoms with Crippen LogP contribution < -0.4 is 0 Å². The van der Waals surface area contributed by atoms with Gasteiger partial charge in [0, 0.05) is 6.07 Å². The van der Waals surface area contributed by atoms with Gasteiger partial charge in [-0.05, 0) is 35.6 Å². The Labute approximate surface area is 113 Å². The largest absolute Gasteiger partial charge is 0.277 e. The summed E-state index contributed by atoms with van der Waals surface area (Å²) in [6, 6.07) is 13.4. The number of benzene rings is 2. The fraction of sp³-hybridized carbons (Fsp3) is 0.250. The lowest BCUT2D eigenvalue weighted by molar-refractivity contribution is -0.384. The summed E-state index contributed by atoms with van der Waals surface area (Å²) in [5, 5.41) is 11.2. The predicted octanol–water partition coefficient (Wildman–Crippen LogP) is 4.39. The zero-order chi connectivity index (χ0) is 13.8. The van der Waals surface area contributed by atoms with Crippen molar-refractivity contribution in [2.75, 3.05) is 0 Å². The molecular weight excluding hydrogens is 238 g/mol. The van der Waals surface area contributed by atoms with Crippen molar-refractivity contribution < 1.29 is 4.92 Å². The van der Waals surface area contributed by atoms with Gasteiger partial charge in [-0.15, -0.1) is 0 Å². The normalized spacial score (nSPS) is 10.4. The molecule has 19 heavy (non-hydrogen) atoms. The second-order valence-electron chi connectivity index (χ2n) is 4.51. The second kappa shape index (κ2) is 5.65. The fourth-order valence-electron chi connectivity index (χ4n) is 2.11. The third-order valence-electron chi connectivity index (χ3n) is 3.34. The van der Waals surface area contributed by atoms with Crippen LogP contribution in [0.1, 0.15) is 25.0 Å². The maximum atomic E-state index is 11.2. The first-order valence-electron chi connectivity index (χ1n) is 6.52. The van der Waals surface area contributed by atoms with Gasteiger partial charge < -0.3 is 0 Å². The van der Waals surface area contributed by atoms with Crippen molar-refractivity contribution >= 4 is 5.69 Å². The van der Waals surface area contributed by atoms with E-state index in [9.17, 15) is 10.1 Å². The van der Waals surface area contributed by atoms with Crippen LogP contribution in [0.3, 0.4) is 0 Å². The van der Waals surface area contributed by atoms with Gasteiger partial charge in [-0.2, -0.15) is 0 Å². The molecule has 98 valence electrons. The van der Waals surface area contributed by atoms with Gasteiger partial charge in [0.25, 0.3) is 5.69 Å². The van der Waals surface area contributed by atoms with E-state index in [1.165, 1.54) is 5.56 Å². The molecule has 0 saturated heterocycles. The lowest BCUT2D eigenvalue weighted by Crippen LogP contribution is -1.94. The van der Waals surface area contributed by atoms with E-state index in [4.69, 9.17) is 0 Å². The van der Waals surface area contributed by atoms with Crippen LogP contribution in [0.15, 0.2) is 42.5 Å². The molecule has 0 aromatic heterocycles. The van der Waals surface area contributed by atoms with Gasteiger partial charge in [-0.1, -0.05) is 44.2 Å². The van der Waals surface area contributed by atoms with Crippen LogP contribution in [-0.4, -0.2) is 4.92 Å². The maximum Gasteiger partial charge on any atom is 0.277 e. The Bertz CT molecular complexity index is 588. The molecule has 2 aromatic carbocycles. The number of hydrogen-bond donors (Lipinski definition) is 0. The van der Waals surface area contributed by atoms with Gasteiger partial charge in [0.2, 0.25) is 0 Å². The average molecular weight is 255 g/mol. The Kier molecular flexibility index (Phi) is 3.95. The van der Waals surface area contributed by atoms with Crippen molar-refractivity contribution in [3.63, 3.8) is 0 Å². The monoisotopic (exact) mass is 255 g/mol. The van der Waals surface area contributed by atoms with Crippen molar-refractivity contribution in [3.8, 4) is 11.1 Å². The minimum atomic E-state index is -0.303. The zero-order valence-corrected chi connectivity index (χ0v) is 11.2. The van der Waals surface area contributed by atoms with E-state index < -0.39 is 0 Å². The smallest absolute Gasteiger partial charge is 0.258 e.